The fourth-order valence-electron chi connectivity index (χ4n) is 3.08. The Balaban J connectivity index is 0.00000320. The number of nitrogens with one attached hydrogen (secondary N) is 1. The van der Waals surface area contributed by atoms with Crippen LogP contribution >= 0.6 is 35.8 Å². The summed E-state index contributed by atoms with van der Waals surface area (Å²) in [5.41, 5.74) is 2.38. The van der Waals surface area contributed by atoms with Crippen molar-refractivity contribution in [3.63, 3.8) is 0 Å². The van der Waals surface area contributed by atoms with Gasteiger partial charge < -0.3 is 10.2 Å². The molecule has 2 aromatic rings. The van der Waals surface area contributed by atoms with Crippen molar-refractivity contribution >= 4 is 58.2 Å². The number of carbonyl (C=O) groups is 1. The van der Waals surface area contributed by atoms with Gasteiger partial charge in [-0.2, -0.15) is 0 Å². The molecule has 0 saturated carbocycles. The van der Waals surface area contributed by atoms with Crippen LogP contribution in [0.15, 0.2) is 47.5 Å². The number of benzene rings is 2. The number of nitrogens with zero attached hydrogens (tertiary/aromatic N) is 2. The molecule has 162 valence electrons. The van der Waals surface area contributed by atoms with Crippen LogP contribution in [0.1, 0.15) is 31.7 Å². The number of amides is 1. The van der Waals surface area contributed by atoms with Gasteiger partial charge in [0.2, 0.25) is 5.91 Å². The van der Waals surface area contributed by atoms with Crippen LogP contribution in [-0.4, -0.2) is 34.8 Å². The Morgan fingerprint density at radius 1 is 1.30 bits per heavy atom. The van der Waals surface area contributed by atoms with Crippen LogP contribution in [0.4, 0.5) is 15.8 Å². The molecule has 4 nitrogen and oxygen atoms in total. The number of aryl methyl sites for hydroxylation is 1. The van der Waals surface area contributed by atoms with E-state index < -0.39 is 5.82 Å². The highest BCUT2D eigenvalue weighted by Crippen LogP contribution is 2.28. The van der Waals surface area contributed by atoms with Crippen LogP contribution in [0.5, 0.6) is 0 Å². The summed E-state index contributed by atoms with van der Waals surface area (Å²) in [5.74, 6) is -0.00435. The molecule has 1 aliphatic heterocycles. The number of hydrogen-bond acceptors (Lipinski definition) is 3. The summed E-state index contributed by atoms with van der Waals surface area (Å²) in [6.07, 6.45) is 3.73. The van der Waals surface area contributed by atoms with Crippen LogP contribution in [0, 0.1) is 5.82 Å². The maximum atomic E-state index is 13.9. The molecule has 1 amide bonds. The lowest BCUT2D eigenvalue weighted by atomic mass is 10.1. The van der Waals surface area contributed by atoms with Crippen molar-refractivity contribution in [1.82, 2.24) is 4.90 Å². The van der Waals surface area contributed by atoms with E-state index in [2.05, 4.69) is 24.4 Å². The van der Waals surface area contributed by atoms with Gasteiger partial charge in [-0.25, -0.2) is 9.38 Å². The third kappa shape index (κ3) is 6.62. The number of hydrogen-bond donors (Lipinski definition) is 1. The number of anilines is 1. The minimum absolute atomic E-state index is 0. The summed E-state index contributed by atoms with van der Waals surface area (Å²) in [4.78, 5) is 19.1. The molecule has 8 heteroatoms. The van der Waals surface area contributed by atoms with Gasteiger partial charge in [-0.15, -0.1) is 12.4 Å². The fraction of sp³-hybridized carbons (Fsp3) is 0.364. The SMILES string of the molecule is CCCCc1ccc(/N=C2\SCC(CC(=O)Nc3ccc(Cl)cc3F)N2C)cc1.Cl. The Kier molecular flexibility index (Phi) is 9.46. The Labute approximate surface area is 192 Å². The van der Waals surface area contributed by atoms with E-state index in [1.165, 1.54) is 30.5 Å². The maximum absolute atomic E-state index is 13.9. The molecule has 1 aliphatic rings. The van der Waals surface area contributed by atoms with Crippen molar-refractivity contribution in [3.8, 4) is 0 Å². The first-order valence-corrected chi connectivity index (χ1v) is 11.1. The van der Waals surface area contributed by atoms with Crippen molar-refractivity contribution in [1.29, 1.82) is 0 Å². The van der Waals surface area contributed by atoms with Gasteiger partial charge in [0.25, 0.3) is 0 Å². The Morgan fingerprint density at radius 3 is 2.70 bits per heavy atom. The van der Waals surface area contributed by atoms with Gasteiger partial charge in [0, 0.05) is 30.3 Å². The van der Waals surface area contributed by atoms with Crippen LogP contribution in [0.25, 0.3) is 0 Å². The minimum Gasteiger partial charge on any atom is -0.350 e. The monoisotopic (exact) mass is 469 g/mol. The average molecular weight is 470 g/mol. The van der Waals surface area contributed by atoms with Gasteiger partial charge in [-0.3, -0.25) is 4.79 Å². The van der Waals surface area contributed by atoms with Crippen LogP contribution in [0.3, 0.4) is 0 Å². The molecular formula is C22H26Cl2FN3OS. The zero-order valence-corrected chi connectivity index (χ0v) is 19.4. The molecule has 3 rings (SSSR count). The highest BCUT2D eigenvalue weighted by atomic mass is 35.5. The van der Waals surface area contributed by atoms with Crippen molar-refractivity contribution in [2.24, 2.45) is 4.99 Å². The first-order chi connectivity index (χ1) is 14.0. The average Bonchev–Trinajstić information content (AvgIpc) is 3.03. The van der Waals surface area contributed by atoms with Gasteiger partial charge in [0.05, 0.1) is 11.4 Å². The van der Waals surface area contributed by atoms with Crippen molar-refractivity contribution < 1.29 is 9.18 Å². The topological polar surface area (TPSA) is 44.7 Å². The minimum atomic E-state index is -0.537. The molecule has 1 fully saturated rings. The molecule has 30 heavy (non-hydrogen) atoms. The first-order valence-electron chi connectivity index (χ1n) is 9.74. The quantitative estimate of drug-likeness (QED) is 0.516. The molecule has 1 atom stereocenters. The molecule has 1 N–H and O–H groups in total. The molecule has 0 aliphatic carbocycles. The van der Waals surface area contributed by atoms with E-state index >= 15 is 0 Å². The molecule has 0 aromatic heterocycles. The van der Waals surface area contributed by atoms with E-state index in [0.717, 1.165) is 23.0 Å². The predicted molar refractivity (Wildman–Crippen MR) is 128 cm³/mol. The molecule has 1 unspecified atom stereocenters. The molecule has 2 aromatic carbocycles. The Morgan fingerprint density at radius 2 is 2.03 bits per heavy atom. The van der Waals surface area contributed by atoms with E-state index in [1.54, 1.807) is 17.8 Å². The second kappa shape index (κ2) is 11.6. The summed E-state index contributed by atoms with van der Waals surface area (Å²) in [7, 11) is 1.94. The molecule has 0 bridgehead atoms. The third-order valence-electron chi connectivity index (χ3n) is 4.86. The second-order valence-corrected chi connectivity index (χ2v) is 8.54. The summed E-state index contributed by atoms with van der Waals surface area (Å²) >= 11 is 7.38. The lowest BCUT2D eigenvalue weighted by Gasteiger charge is -2.20. The third-order valence-corrected chi connectivity index (χ3v) is 6.28. The number of rotatable bonds is 7. The van der Waals surface area contributed by atoms with Gasteiger partial charge in [-0.1, -0.05) is 48.8 Å². The van der Waals surface area contributed by atoms with E-state index in [-0.39, 0.29) is 36.5 Å². The van der Waals surface area contributed by atoms with Gasteiger partial charge in [0.15, 0.2) is 5.17 Å². The van der Waals surface area contributed by atoms with Crippen LogP contribution < -0.4 is 5.32 Å². The highest BCUT2D eigenvalue weighted by Gasteiger charge is 2.29. The van der Waals surface area contributed by atoms with E-state index in [9.17, 15) is 9.18 Å². The van der Waals surface area contributed by atoms with E-state index in [1.807, 2.05) is 24.1 Å². The van der Waals surface area contributed by atoms with Crippen LogP contribution in [-0.2, 0) is 11.2 Å². The normalized spacial score (nSPS) is 17.1. The van der Waals surface area contributed by atoms with Gasteiger partial charge in [0.1, 0.15) is 5.82 Å². The highest BCUT2D eigenvalue weighted by molar-refractivity contribution is 8.14. The summed E-state index contributed by atoms with van der Waals surface area (Å²) < 4.78 is 13.9. The standard InChI is InChI=1S/C22H25ClFN3OS.ClH/c1-3-4-5-15-6-9-17(10-7-15)25-22-27(2)18(14-29-22)13-21(28)26-20-11-8-16(23)12-19(20)24;/h6-12,18H,3-5,13-14H2,1-2H3,(H,26,28);1H/b25-22-;. The van der Waals surface area contributed by atoms with E-state index in [4.69, 9.17) is 16.6 Å². The van der Waals surface area contributed by atoms with Crippen molar-refractivity contribution in [3.05, 3.63) is 58.9 Å². The number of halogens is 3. The fourth-order valence-corrected chi connectivity index (χ4v) is 4.45. The summed E-state index contributed by atoms with van der Waals surface area (Å²) in [6, 6.07) is 12.5. The van der Waals surface area contributed by atoms with E-state index in [0.29, 0.717) is 5.02 Å². The molecular weight excluding hydrogens is 444 g/mol. The lowest BCUT2D eigenvalue weighted by Crippen LogP contribution is -2.33. The summed E-state index contributed by atoms with van der Waals surface area (Å²) in [5, 5.41) is 3.81. The smallest absolute Gasteiger partial charge is 0.226 e. The van der Waals surface area contributed by atoms with Gasteiger partial charge >= 0.3 is 0 Å². The molecule has 1 heterocycles. The lowest BCUT2D eigenvalue weighted by molar-refractivity contribution is -0.116. The molecule has 0 radical (unpaired) electrons. The zero-order valence-electron chi connectivity index (χ0n) is 17.0. The Hall–Kier alpha value is -1.76. The first kappa shape index (κ1) is 24.5. The largest absolute Gasteiger partial charge is 0.350 e. The summed E-state index contributed by atoms with van der Waals surface area (Å²) in [6.45, 7) is 2.19. The number of aliphatic imine (C=N–C) groups is 1. The second-order valence-electron chi connectivity index (χ2n) is 7.12. The Bertz CT molecular complexity index is 892. The number of carbonyl (C=O) groups excluding carboxylic acids is 1. The van der Waals surface area contributed by atoms with Crippen molar-refractivity contribution in [2.75, 3.05) is 18.1 Å². The number of amidine groups is 1. The predicted octanol–water partition coefficient (Wildman–Crippen LogP) is 6.31. The van der Waals surface area contributed by atoms with Gasteiger partial charge in [-0.05, 0) is 48.7 Å². The zero-order chi connectivity index (χ0) is 20.8. The van der Waals surface area contributed by atoms with Crippen molar-refractivity contribution in [2.45, 2.75) is 38.6 Å². The molecule has 1 saturated heterocycles. The van der Waals surface area contributed by atoms with Crippen LogP contribution in [0.2, 0.25) is 5.02 Å². The molecule has 0 spiro atoms. The number of unbranched alkanes of at least 4 members (excludes halogenated alkanes) is 1. The maximum Gasteiger partial charge on any atom is 0.226 e. The number of thioether (sulfide) groups is 1.